The Morgan fingerprint density at radius 3 is 2.16 bits per heavy atom. The summed E-state index contributed by atoms with van der Waals surface area (Å²) in [5.41, 5.74) is 2.52. The average Bonchev–Trinajstić information content (AvgIpc) is 2.46. The van der Waals surface area contributed by atoms with Gasteiger partial charge in [-0.3, -0.25) is 4.79 Å². The summed E-state index contributed by atoms with van der Waals surface area (Å²) < 4.78 is 5.08. The number of Topliss-reactive ketones (excluding diaryl/α,β-unsaturated/α-hetero) is 1. The zero-order valence-corrected chi connectivity index (χ0v) is 11.6. The van der Waals surface area contributed by atoms with Gasteiger partial charge in [-0.1, -0.05) is 42.0 Å². The van der Waals surface area contributed by atoms with E-state index in [1.165, 1.54) is 0 Å². The number of methoxy groups -OCH3 is 1. The number of carbonyl (C=O) groups excluding carboxylic acids is 1. The van der Waals surface area contributed by atoms with Crippen LogP contribution in [0.4, 0.5) is 0 Å². The molecule has 0 bridgehead atoms. The van der Waals surface area contributed by atoms with Crippen LogP contribution in [-0.4, -0.2) is 12.9 Å². The Hall–Kier alpha value is -1.80. The molecule has 2 aromatic rings. The molecule has 1 atom stereocenters. The molecule has 0 aliphatic rings. The number of hydrogen-bond donors (Lipinski definition) is 0. The van der Waals surface area contributed by atoms with Crippen molar-refractivity contribution < 1.29 is 9.53 Å². The van der Waals surface area contributed by atoms with Crippen LogP contribution in [0.3, 0.4) is 0 Å². The third kappa shape index (κ3) is 3.15. The monoisotopic (exact) mass is 274 g/mol. The molecule has 0 aromatic heterocycles. The molecular formula is C16H15ClO2. The van der Waals surface area contributed by atoms with Gasteiger partial charge in [-0.2, -0.15) is 0 Å². The molecule has 0 radical (unpaired) electrons. The third-order valence-corrected chi connectivity index (χ3v) is 3.42. The highest BCUT2D eigenvalue weighted by atomic mass is 35.5. The summed E-state index contributed by atoms with van der Waals surface area (Å²) >= 11 is 6.24. The van der Waals surface area contributed by atoms with Crippen molar-refractivity contribution in [3.05, 3.63) is 65.2 Å². The van der Waals surface area contributed by atoms with Gasteiger partial charge in [0.25, 0.3) is 0 Å². The standard InChI is InChI=1S/C16H15ClO2/c1-11-3-5-13(6-4-11)16(18)15(17)12-7-9-14(19-2)10-8-12/h3-10,15H,1-2H3. The van der Waals surface area contributed by atoms with Gasteiger partial charge in [-0.25, -0.2) is 0 Å². The van der Waals surface area contributed by atoms with Gasteiger partial charge in [-0.15, -0.1) is 11.6 Å². The number of ketones is 1. The molecule has 0 saturated carbocycles. The van der Waals surface area contributed by atoms with E-state index in [2.05, 4.69) is 0 Å². The van der Waals surface area contributed by atoms with Gasteiger partial charge in [0.1, 0.15) is 11.1 Å². The Labute approximate surface area is 118 Å². The molecule has 0 aliphatic carbocycles. The molecule has 0 saturated heterocycles. The molecule has 0 aliphatic heterocycles. The van der Waals surface area contributed by atoms with Gasteiger partial charge < -0.3 is 4.74 Å². The zero-order valence-electron chi connectivity index (χ0n) is 10.9. The number of carbonyl (C=O) groups is 1. The smallest absolute Gasteiger partial charge is 0.185 e. The lowest BCUT2D eigenvalue weighted by molar-refractivity contribution is 0.0987. The lowest BCUT2D eigenvalue weighted by atomic mass is 10.0. The van der Waals surface area contributed by atoms with Crippen molar-refractivity contribution in [1.29, 1.82) is 0 Å². The van der Waals surface area contributed by atoms with E-state index in [0.29, 0.717) is 5.56 Å². The van der Waals surface area contributed by atoms with E-state index >= 15 is 0 Å². The van der Waals surface area contributed by atoms with Gasteiger partial charge >= 0.3 is 0 Å². The Bertz CT molecular complexity index is 558. The maximum absolute atomic E-state index is 12.2. The molecule has 0 amide bonds. The van der Waals surface area contributed by atoms with E-state index < -0.39 is 5.38 Å². The molecule has 0 heterocycles. The van der Waals surface area contributed by atoms with E-state index in [4.69, 9.17) is 16.3 Å². The topological polar surface area (TPSA) is 26.3 Å². The molecule has 98 valence electrons. The molecule has 1 unspecified atom stereocenters. The van der Waals surface area contributed by atoms with Gasteiger partial charge in [0.05, 0.1) is 7.11 Å². The van der Waals surface area contributed by atoms with Crippen molar-refractivity contribution in [3.63, 3.8) is 0 Å². The lowest BCUT2D eigenvalue weighted by Crippen LogP contribution is -2.07. The highest BCUT2D eigenvalue weighted by Gasteiger charge is 2.19. The molecule has 2 nitrogen and oxygen atoms in total. The maximum Gasteiger partial charge on any atom is 0.185 e. The fourth-order valence-electron chi connectivity index (χ4n) is 1.79. The van der Waals surface area contributed by atoms with Gasteiger partial charge in [0, 0.05) is 5.56 Å². The number of benzene rings is 2. The van der Waals surface area contributed by atoms with Crippen molar-refractivity contribution in [2.75, 3.05) is 7.11 Å². The number of ether oxygens (including phenoxy) is 1. The normalized spacial score (nSPS) is 11.9. The fourth-order valence-corrected chi connectivity index (χ4v) is 2.06. The molecule has 19 heavy (non-hydrogen) atoms. The minimum atomic E-state index is -0.673. The van der Waals surface area contributed by atoms with Gasteiger partial charge in [0.2, 0.25) is 0 Å². The van der Waals surface area contributed by atoms with Crippen molar-refractivity contribution in [3.8, 4) is 5.75 Å². The molecule has 0 spiro atoms. The summed E-state index contributed by atoms with van der Waals surface area (Å²) in [6, 6.07) is 14.6. The predicted octanol–water partition coefficient (Wildman–Crippen LogP) is 4.17. The SMILES string of the molecule is COc1ccc(C(Cl)C(=O)c2ccc(C)cc2)cc1. The van der Waals surface area contributed by atoms with E-state index in [1.54, 1.807) is 31.4 Å². The van der Waals surface area contributed by atoms with Crippen LogP contribution in [0.5, 0.6) is 5.75 Å². The fraction of sp³-hybridized carbons (Fsp3) is 0.188. The second-order valence-electron chi connectivity index (χ2n) is 4.37. The molecule has 3 heteroatoms. The van der Waals surface area contributed by atoms with E-state index in [-0.39, 0.29) is 5.78 Å². The van der Waals surface area contributed by atoms with Crippen LogP contribution in [0.1, 0.15) is 26.9 Å². The molecule has 0 fully saturated rings. The minimum Gasteiger partial charge on any atom is -0.497 e. The number of alkyl halides is 1. The first kappa shape index (κ1) is 13.6. The Morgan fingerprint density at radius 1 is 1.05 bits per heavy atom. The summed E-state index contributed by atoms with van der Waals surface area (Å²) in [5.74, 6) is 0.655. The van der Waals surface area contributed by atoms with Crippen molar-refractivity contribution in [2.24, 2.45) is 0 Å². The second kappa shape index (κ2) is 5.89. The molecule has 2 rings (SSSR count). The van der Waals surface area contributed by atoms with Crippen molar-refractivity contribution >= 4 is 17.4 Å². The predicted molar refractivity (Wildman–Crippen MR) is 77.1 cm³/mol. The average molecular weight is 275 g/mol. The third-order valence-electron chi connectivity index (χ3n) is 2.97. The zero-order chi connectivity index (χ0) is 13.8. The summed E-state index contributed by atoms with van der Waals surface area (Å²) in [6.45, 7) is 1.98. The Balaban J connectivity index is 2.20. The first-order valence-electron chi connectivity index (χ1n) is 6.00. The summed E-state index contributed by atoms with van der Waals surface area (Å²) in [7, 11) is 1.60. The van der Waals surface area contributed by atoms with Crippen molar-refractivity contribution in [1.82, 2.24) is 0 Å². The molecule has 2 aromatic carbocycles. The second-order valence-corrected chi connectivity index (χ2v) is 4.80. The Morgan fingerprint density at radius 2 is 1.63 bits per heavy atom. The van der Waals surface area contributed by atoms with Crippen molar-refractivity contribution in [2.45, 2.75) is 12.3 Å². The van der Waals surface area contributed by atoms with E-state index in [0.717, 1.165) is 16.9 Å². The first-order chi connectivity index (χ1) is 9.11. The summed E-state index contributed by atoms with van der Waals surface area (Å²) in [5, 5.41) is -0.673. The van der Waals surface area contributed by atoms with Crippen LogP contribution in [0.15, 0.2) is 48.5 Å². The van der Waals surface area contributed by atoms with Crippen LogP contribution in [0.2, 0.25) is 0 Å². The number of hydrogen-bond acceptors (Lipinski definition) is 2. The van der Waals surface area contributed by atoms with Crippen LogP contribution in [-0.2, 0) is 0 Å². The largest absolute Gasteiger partial charge is 0.497 e. The molecular weight excluding hydrogens is 260 g/mol. The van der Waals surface area contributed by atoms with Gasteiger partial charge in [0.15, 0.2) is 5.78 Å². The quantitative estimate of drug-likeness (QED) is 0.618. The van der Waals surface area contributed by atoms with Gasteiger partial charge in [-0.05, 0) is 24.6 Å². The first-order valence-corrected chi connectivity index (χ1v) is 6.44. The highest BCUT2D eigenvalue weighted by Crippen LogP contribution is 2.26. The van der Waals surface area contributed by atoms with E-state index in [1.807, 2.05) is 31.2 Å². The molecule has 0 N–H and O–H groups in total. The summed E-state index contributed by atoms with van der Waals surface area (Å²) in [4.78, 5) is 12.2. The summed E-state index contributed by atoms with van der Waals surface area (Å²) in [6.07, 6.45) is 0. The lowest BCUT2D eigenvalue weighted by Gasteiger charge is -2.10. The highest BCUT2D eigenvalue weighted by molar-refractivity contribution is 6.33. The minimum absolute atomic E-state index is 0.0909. The van der Waals surface area contributed by atoms with E-state index in [9.17, 15) is 4.79 Å². The van der Waals surface area contributed by atoms with Crippen LogP contribution in [0, 0.1) is 6.92 Å². The van der Waals surface area contributed by atoms with Crippen LogP contribution >= 0.6 is 11.6 Å². The number of aryl methyl sites for hydroxylation is 1. The number of rotatable bonds is 4. The van der Waals surface area contributed by atoms with Crippen LogP contribution < -0.4 is 4.74 Å². The van der Waals surface area contributed by atoms with Crippen LogP contribution in [0.25, 0.3) is 0 Å². The maximum atomic E-state index is 12.2. The Kier molecular flexibility index (Phi) is 4.23. The number of halogens is 1.